The molecule has 1 saturated heterocycles. The lowest BCUT2D eigenvalue weighted by atomic mass is 9.53. The summed E-state index contributed by atoms with van der Waals surface area (Å²) in [4.78, 5) is 1.98. The van der Waals surface area contributed by atoms with E-state index in [4.69, 9.17) is 18.0 Å². The number of aromatic hydroxyl groups is 1. The van der Waals surface area contributed by atoms with Crippen molar-refractivity contribution in [2.24, 2.45) is 11.7 Å². The number of rotatable bonds is 6. The molecule has 2 aromatic carbocycles. The van der Waals surface area contributed by atoms with Crippen molar-refractivity contribution in [3.8, 4) is 5.75 Å². The summed E-state index contributed by atoms with van der Waals surface area (Å²) in [6.45, 7) is 4.02. The number of piperidine rings is 1. The molecule has 2 aliphatic carbocycles. The molecular weight excluding hydrogens is 428 g/mol. The van der Waals surface area contributed by atoms with E-state index in [1.54, 1.807) is 0 Å². The van der Waals surface area contributed by atoms with E-state index >= 15 is 0 Å². The van der Waals surface area contributed by atoms with Gasteiger partial charge in [0.1, 0.15) is 5.75 Å². The lowest BCUT2D eigenvalue weighted by Crippen LogP contribution is -2.59. The lowest BCUT2D eigenvalue weighted by molar-refractivity contribution is 0.0796. The highest BCUT2D eigenvalue weighted by Crippen LogP contribution is 2.55. The molecule has 1 saturated carbocycles. The fourth-order valence-electron chi connectivity index (χ4n) is 6.70. The average molecular weight is 465 g/mol. The van der Waals surface area contributed by atoms with Crippen LogP contribution in [-0.2, 0) is 11.8 Å². The van der Waals surface area contributed by atoms with Crippen LogP contribution in [0, 0.1) is 5.92 Å². The van der Waals surface area contributed by atoms with Gasteiger partial charge in [0.05, 0.1) is 17.1 Å². The number of nitrogens with two attached hydrogens (primary N) is 1. The summed E-state index contributed by atoms with van der Waals surface area (Å²) in [5, 5.41) is 18.8. The fraction of sp³-hybridized carbons (Fsp3) is 0.519. The number of benzene rings is 2. The minimum Gasteiger partial charge on any atom is -0.506 e. The van der Waals surface area contributed by atoms with Crippen LogP contribution in [0.5, 0.6) is 5.75 Å². The van der Waals surface area contributed by atoms with Crippen LogP contribution in [0.2, 0.25) is 0 Å². The smallest absolute Gasteiger partial charge is 0.170 e. The van der Waals surface area contributed by atoms with Gasteiger partial charge in [-0.2, -0.15) is 0 Å². The Balaban J connectivity index is 1.50. The van der Waals surface area contributed by atoms with Gasteiger partial charge in [-0.3, -0.25) is 0 Å². The standard InChI is InChI=1S/C27H36N4OS/c1-2-3-14-31(26(28)33)24-10-5-4-9-21(24)30-23-16-18-15-22-19-8-6-7-11-27(19,12-13-29-22)20(18)17-25(23)32/h4-5,9-10,16-17,19,22,29-30,32H,2-3,6-8,11-15H2,1H3,(H2,28,33)/t19-,22+,27+/m0/s1. The number of phenols is 1. The molecule has 5 rings (SSSR count). The van der Waals surface area contributed by atoms with Crippen LogP contribution in [0.1, 0.15) is 63.0 Å². The molecule has 0 unspecified atom stereocenters. The van der Waals surface area contributed by atoms with Crippen LogP contribution in [0.3, 0.4) is 0 Å². The number of phenolic OH excluding ortho intramolecular Hbond substituents is 1. The summed E-state index contributed by atoms with van der Waals surface area (Å²) in [6.07, 6.45) is 9.47. The molecular formula is C27H36N4OS. The van der Waals surface area contributed by atoms with Gasteiger partial charge in [0, 0.05) is 18.0 Å². The Morgan fingerprint density at radius 2 is 2.09 bits per heavy atom. The Labute approximate surface area is 202 Å². The molecule has 0 aromatic heterocycles. The number of nitrogens with one attached hydrogen (secondary N) is 2. The molecule has 3 atom stereocenters. The minimum absolute atomic E-state index is 0.234. The van der Waals surface area contributed by atoms with Gasteiger partial charge in [0.15, 0.2) is 5.11 Å². The minimum atomic E-state index is 0.234. The Bertz CT molecular complexity index is 1040. The van der Waals surface area contributed by atoms with Crippen LogP contribution in [0.4, 0.5) is 17.1 Å². The molecule has 2 fully saturated rings. The van der Waals surface area contributed by atoms with Crippen molar-refractivity contribution >= 4 is 34.4 Å². The van der Waals surface area contributed by atoms with Gasteiger partial charge in [-0.15, -0.1) is 0 Å². The van der Waals surface area contributed by atoms with E-state index in [1.165, 1.54) is 43.2 Å². The zero-order chi connectivity index (χ0) is 23.0. The molecule has 0 amide bonds. The number of thiocarbonyl (C=S) groups is 1. The van der Waals surface area contributed by atoms with Crippen molar-refractivity contribution in [2.45, 2.75) is 69.7 Å². The van der Waals surface area contributed by atoms with Gasteiger partial charge >= 0.3 is 0 Å². The maximum absolute atomic E-state index is 11.1. The van der Waals surface area contributed by atoms with Crippen molar-refractivity contribution in [3.05, 3.63) is 47.5 Å². The van der Waals surface area contributed by atoms with Crippen molar-refractivity contribution in [2.75, 3.05) is 23.3 Å². The van der Waals surface area contributed by atoms with E-state index in [1.807, 2.05) is 29.2 Å². The van der Waals surface area contributed by atoms with E-state index in [0.29, 0.717) is 22.8 Å². The molecule has 33 heavy (non-hydrogen) atoms. The zero-order valence-electron chi connectivity index (χ0n) is 19.6. The summed E-state index contributed by atoms with van der Waals surface area (Å²) in [6, 6.07) is 12.9. The third-order valence-corrected chi connectivity index (χ3v) is 8.44. The number of hydrogen-bond donors (Lipinski definition) is 4. The largest absolute Gasteiger partial charge is 0.506 e. The van der Waals surface area contributed by atoms with Crippen LogP contribution < -0.4 is 21.3 Å². The van der Waals surface area contributed by atoms with Crippen LogP contribution >= 0.6 is 12.2 Å². The predicted octanol–water partition coefficient (Wildman–Crippen LogP) is 5.33. The van der Waals surface area contributed by atoms with Crippen molar-refractivity contribution in [3.63, 3.8) is 0 Å². The first kappa shape index (κ1) is 22.5. The lowest BCUT2D eigenvalue weighted by Gasteiger charge is -2.56. The van der Waals surface area contributed by atoms with Gasteiger partial charge in [-0.25, -0.2) is 0 Å². The number of para-hydroxylation sites is 2. The van der Waals surface area contributed by atoms with Gasteiger partial charge in [0.25, 0.3) is 0 Å². The number of fused-ring (bicyclic) bond motifs is 1. The second kappa shape index (κ2) is 9.15. The van der Waals surface area contributed by atoms with Gasteiger partial charge in [-0.05, 0) is 92.2 Å². The highest BCUT2D eigenvalue weighted by atomic mass is 32.1. The highest BCUT2D eigenvalue weighted by Gasteiger charge is 2.51. The first-order chi connectivity index (χ1) is 16.0. The molecule has 5 nitrogen and oxygen atoms in total. The Morgan fingerprint density at radius 1 is 1.24 bits per heavy atom. The molecule has 2 aromatic rings. The summed E-state index contributed by atoms with van der Waals surface area (Å²) < 4.78 is 0. The summed E-state index contributed by atoms with van der Waals surface area (Å²) >= 11 is 5.36. The van der Waals surface area contributed by atoms with E-state index in [0.717, 1.165) is 49.4 Å². The monoisotopic (exact) mass is 464 g/mol. The third kappa shape index (κ3) is 3.97. The number of nitrogens with zero attached hydrogens (tertiary/aromatic N) is 1. The molecule has 0 spiro atoms. The number of hydrogen-bond acceptors (Lipinski definition) is 4. The van der Waals surface area contributed by atoms with Crippen molar-refractivity contribution < 1.29 is 5.11 Å². The molecule has 2 bridgehead atoms. The summed E-state index contributed by atoms with van der Waals surface area (Å²) in [5.74, 6) is 1.03. The van der Waals surface area contributed by atoms with Crippen LogP contribution in [-0.4, -0.2) is 29.4 Å². The normalized spacial score (nSPS) is 25.6. The molecule has 1 aliphatic heterocycles. The first-order valence-corrected chi connectivity index (χ1v) is 13.0. The Hall–Kier alpha value is -2.31. The van der Waals surface area contributed by atoms with Crippen molar-refractivity contribution in [1.29, 1.82) is 0 Å². The van der Waals surface area contributed by atoms with Crippen molar-refractivity contribution in [1.82, 2.24) is 5.32 Å². The summed E-state index contributed by atoms with van der Waals surface area (Å²) in [5.41, 5.74) is 11.7. The quantitative estimate of drug-likeness (QED) is 0.342. The highest BCUT2D eigenvalue weighted by molar-refractivity contribution is 7.80. The molecule has 1 heterocycles. The number of anilines is 3. The second-order valence-corrected chi connectivity index (χ2v) is 10.5. The topological polar surface area (TPSA) is 73.5 Å². The van der Waals surface area contributed by atoms with Crippen LogP contribution in [0.15, 0.2) is 36.4 Å². The molecule has 176 valence electrons. The predicted molar refractivity (Wildman–Crippen MR) is 141 cm³/mol. The Morgan fingerprint density at radius 3 is 2.91 bits per heavy atom. The number of unbranched alkanes of at least 4 members (excludes halogenated alkanes) is 1. The maximum atomic E-state index is 11.1. The maximum Gasteiger partial charge on any atom is 0.170 e. The second-order valence-electron chi connectivity index (χ2n) is 10.0. The average Bonchev–Trinajstić information content (AvgIpc) is 2.81. The van der Waals surface area contributed by atoms with Gasteiger partial charge in [-0.1, -0.05) is 38.3 Å². The van der Waals surface area contributed by atoms with E-state index in [-0.39, 0.29) is 5.41 Å². The Kier molecular flexibility index (Phi) is 6.23. The first-order valence-electron chi connectivity index (χ1n) is 12.6. The van der Waals surface area contributed by atoms with Gasteiger partial charge in [0.2, 0.25) is 0 Å². The fourth-order valence-corrected chi connectivity index (χ4v) is 6.89. The summed E-state index contributed by atoms with van der Waals surface area (Å²) in [7, 11) is 0. The zero-order valence-corrected chi connectivity index (χ0v) is 20.4. The molecule has 0 radical (unpaired) electrons. The van der Waals surface area contributed by atoms with Gasteiger partial charge < -0.3 is 26.4 Å². The molecule has 6 heteroatoms. The SMILES string of the molecule is CCCCN(C(N)=S)c1ccccc1Nc1cc2c(cc1O)[C@@]13CCCC[C@H]1[C@@H](C2)NCC3. The van der Waals surface area contributed by atoms with E-state index in [9.17, 15) is 5.11 Å². The third-order valence-electron chi connectivity index (χ3n) is 8.22. The van der Waals surface area contributed by atoms with E-state index < -0.39 is 0 Å². The van der Waals surface area contributed by atoms with Crippen LogP contribution in [0.25, 0.3) is 0 Å². The molecule has 3 aliphatic rings. The van der Waals surface area contributed by atoms with E-state index in [2.05, 4.69) is 29.7 Å². The molecule has 5 N–H and O–H groups in total.